The molecule has 0 aliphatic heterocycles. The topological polar surface area (TPSA) is 77.4 Å². The van der Waals surface area contributed by atoms with Gasteiger partial charge < -0.3 is 15.0 Å². The summed E-state index contributed by atoms with van der Waals surface area (Å²) in [7, 11) is -1.64. The Balaban J connectivity index is 2.03. The number of hydrogen-bond donors (Lipinski definition) is 1. The highest BCUT2D eigenvalue weighted by Crippen LogP contribution is 2.33. The standard InChI is InChI=1S/C22H16O4S/c23-13-16-9-1-5-14-7-3-11-18(20(14)16)27(26)19-12-4-8-15-6-2-10-17(21(15)19)22(24)25/h1-12,23H,13H2,(H,24,25)/p-1/t27-/m1/s1. The molecule has 1 atom stereocenters. The summed E-state index contributed by atoms with van der Waals surface area (Å²) in [4.78, 5) is 12.5. The van der Waals surface area contributed by atoms with Crippen LogP contribution in [0.15, 0.2) is 82.6 Å². The fourth-order valence-electron chi connectivity index (χ4n) is 3.42. The van der Waals surface area contributed by atoms with E-state index in [1.165, 1.54) is 6.07 Å². The molecule has 0 unspecified atom stereocenters. The van der Waals surface area contributed by atoms with Crippen molar-refractivity contribution in [1.29, 1.82) is 0 Å². The molecule has 134 valence electrons. The maximum absolute atomic E-state index is 13.5. The zero-order valence-corrected chi connectivity index (χ0v) is 15.0. The van der Waals surface area contributed by atoms with Gasteiger partial charge in [-0.05, 0) is 28.5 Å². The highest BCUT2D eigenvalue weighted by molar-refractivity contribution is 7.85. The largest absolute Gasteiger partial charge is 0.545 e. The number of aliphatic hydroxyl groups is 1. The smallest absolute Gasteiger partial charge is 0.0862 e. The summed E-state index contributed by atoms with van der Waals surface area (Å²) in [6, 6.07) is 21.1. The third-order valence-corrected chi connectivity index (χ3v) is 6.09. The van der Waals surface area contributed by atoms with Crippen molar-refractivity contribution in [2.24, 2.45) is 0 Å². The second-order valence-electron chi connectivity index (χ2n) is 6.15. The SMILES string of the molecule is O=C([O-])c1cccc2cccc([S@](=O)c3cccc4cccc(CO)c34)c12. The predicted molar refractivity (Wildman–Crippen MR) is 103 cm³/mol. The van der Waals surface area contributed by atoms with Crippen LogP contribution in [0.25, 0.3) is 21.5 Å². The molecular weight excluding hydrogens is 360 g/mol. The first-order chi connectivity index (χ1) is 13.1. The number of carboxylic acid groups (broad SMARTS) is 1. The zero-order chi connectivity index (χ0) is 19.0. The molecule has 0 aliphatic rings. The van der Waals surface area contributed by atoms with Gasteiger partial charge in [-0.2, -0.15) is 0 Å². The Bertz CT molecular complexity index is 1200. The first-order valence-electron chi connectivity index (χ1n) is 8.38. The Labute approximate surface area is 158 Å². The lowest BCUT2D eigenvalue weighted by atomic mass is 10.0. The van der Waals surface area contributed by atoms with Crippen LogP contribution in [0.5, 0.6) is 0 Å². The molecule has 0 aliphatic carbocycles. The van der Waals surface area contributed by atoms with E-state index in [1.807, 2.05) is 24.3 Å². The molecule has 4 aromatic carbocycles. The molecule has 27 heavy (non-hydrogen) atoms. The Morgan fingerprint density at radius 2 is 1.33 bits per heavy atom. The van der Waals surface area contributed by atoms with E-state index in [4.69, 9.17) is 0 Å². The molecule has 5 heteroatoms. The van der Waals surface area contributed by atoms with Gasteiger partial charge in [0.2, 0.25) is 0 Å². The summed E-state index contributed by atoms with van der Waals surface area (Å²) in [5, 5.41) is 24.0. The van der Waals surface area contributed by atoms with Crippen LogP contribution in [0.3, 0.4) is 0 Å². The van der Waals surface area contributed by atoms with Crippen LogP contribution in [0, 0.1) is 0 Å². The van der Waals surface area contributed by atoms with Crippen LogP contribution in [0.4, 0.5) is 0 Å². The molecule has 0 fully saturated rings. The number of fused-ring (bicyclic) bond motifs is 2. The van der Waals surface area contributed by atoms with E-state index in [0.29, 0.717) is 26.1 Å². The van der Waals surface area contributed by atoms with Gasteiger partial charge in [0.15, 0.2) is 0 Å². The maximum Gasteiger partial charge on any atom is 0.0862 e. The van der Waals surface area contributed by atoms with E-state index in [-0.39, 0.29) is 12.2 Å². The third kappa shape index (κ3) is 2.91. The molecule has 0 radical (unpaired) electrons. The molecule has 0 bridgehead atoms. The average molecular weight is 375 g/mol. The van der Waals surface area contributed by atoms with Gasteiger partial charge in [-0.3, -0.25) is 0 Å². The Hall–Kier alpha value is -3.02. The van der Waals surface area contributed by atoms with Gasteiger partial charge in [-0.15, -0.1) is 0 Å². The van der Waals surface area contributed by atoms with Crippen molar-refractivity contribution in [1.82, 2.24) is 0 Å². The third-order valence-electron chi connectivity index (χ3n) is 4.61. The van der Waals surface area contributed by atoms with Crippen LogP contribution in [-0.4, -0.2) is 15.3 Å². The highest BCUT2D eigenvalue weighted by atomic mass is 32.2. The van der Waals surface area contributed by atoms with Gasteiger partial charge in [0.1, 0.15) is 0 Å². The molecule has 0 aromatic heterocycles. The van der Waals surface area contributed by atoms with Gasteiger partial charge >= 0.3 is 0 Å². The van der Waals surface area contributed by atoms with Gasteiger partial charge in [-0.1, -0.05) is 60.7 Å². The lowest BCUT2D eigenvalue weighted by Crippen LogP contribution is -2.22. The van der Waals surface area contributed by atoms with E-state index in [1.54, 1.807) is 42.5 Å². The zero-order valence-electron chi connectivity index (χ0n) is 14.2. The molecule has 0 spiro atoms. The van der Waals surface area contributed by atoms with E-state index in [9.17, 15) is 19.2 Å². The lowest BCUT2D eigenvalue weighted by Gasteiger charge is -2.14. The fourth-order valence-corrected chi connectivity index (χ4v) is 4.91. The van der Waals surface area contributed by atoms with Crippen LogP contribution < -0.4 is 5.11 Å². The molecule has 0 saturated heterocycles. The van der Waals surface area contributed by atoms with E-state index < -0.39 is 16.8 Å². The average Bonchev–Trinajstić information content (AvgIpc) is 2.71. The van der Waals surface area contributed by atoms with Crippen LogP contribution in [0.1, 0.15) is 15.9 Å². The molecule has 0 heterocycles. The molecule has 4 rings (SSSR count). The van der Waals surface area contributed by atoms with Crippen LogP contribution >= 0.6 is 0 Å². The van der Waals surface area contributed by atoms with E-state index in [2.05, 4.69) is 0 Å². The molecule has 0 saturated carbocycles. The second kappa shape index (κ2) is 6.95. The van der Waals surface area contributed by atoms with Gasteiger partial charge in [0, 0.05) is 16.3 Å². The predicted octanol–water partition coefficient (Wildman–Crippen LogP) is 3.02. The maximum atomic E-state index is 13.5. The van der Waals surface area contributed by atoms with E-state index >= 15 is 0 Å². The van der Waals surface area contributed by atoms with Crippen molar-refractivity contribution in [3.05, 3.63) is 83.9 Å². The molecule has 4 nitrogen and oxygen atoms in total. The summed E-state index contributed by atoms with van der Waals surface area (Å²) in [6.45, 7) is -0.175. The van der Waals surface area contributed by atoms with E-state index in [0.717, 1.165) is 10.8 Å². The Kier molecular flexibility index (Phi) is 4.48. The van der Waals surface area contributed by atoms with Crippen LogP contribution in [-0.2, 0) is 17.4 Å². The minimum Gasteiger partial charge on any atom is -0.545 e. The summed E-state index contributed by atoms with van der Waals surface area (Å²) >= 11 is 0. The van der Waals surface area contributed by atoms with Crippen LogP contribution in [0.2, 0.25) is 0 Å². The minimum atomic E-state index is -1.64. The summed E-state index contributed by atoms with van der Waals surface area (Å²) in [5.74, 6) is -1.31. The first kappa shape index (κ1) is 17.4. The Morgan fingerprint density at radius 3 is 1.93 bits per heavy atom. The van der Waals surface area contributed by atoms with Crippen molar-refractivity contribution >= 4 is 38.3 Å². The fraction of sp³-hybridized carbons (Fsp3) is 0.0455. The number of aliphatic hydroxyl groups excluding tert-OH is 1. The number of aromatic carboxylic acids is 1. The van der Waals surface area contributed by atoms with Crippen molar-refractivity contribution in [3.63, 3.8) is 0 Å². The molecule has 0 amide bonds. The highest BCUT2D eigenvalue weighted by Gasteiger charge is 2.17. The number of carbonyl (C=O) groups is 1. The van der Waals surface area contributed by atoms with Gasteiger partial charge in [0.25, 0.3) is 0 Å². The van der Waals surface area contributed by atoms with Crippen molar-refractivity contribution in [2.75, 3.05) is 0 Å². The normalized spacial score (nSPS) is 12.3. The number of rotatable bonds is 4. The monoisotopic (exact) mass is 375 g/mol. The number of benzene rings is 4. The lowest BCUT2D eigenvalue weighted by molar-refractivity contribution is -0.254. The molecule has 1 N–H and O–H groups in total. The molecule has 4 aromatic rings. The number of carboxylic acids is 1. The summed E-state index contributed by atoms with van der Waals surface area (Å²) in [5.41, 5.74) is 0.691. The first-order valence-corrected chi connectivity index (χ1v) is 9.53. The molecular formula is C22H15O4S-. The van der Waals surface area contributed by atoms with Crippen molar-refractivity contribution < 1.29 is 19.2 Å². The minimum absolute atomic E-state index is 0.0130. The summed E-state index contributed by atoms with van der Waals surface area (Å²) in [6.07, 6.45) is 0. The Morgan fingerprint density at radius 1 is 0.815 bits per heavy atom. The van der Waals surface area contributed by atoms with Crippen molar-refractivity contribution in [2.45, 2.75) is 16.4 Å². The van der Waals surface area contributed by atoms with Crippen molar-refractivity contribution in [3.8, 4) is 0 Å². The quantitative estimate of drug-likeness (QED) is 0.595. The van der Waals surface area contributed by atoms with Gasteiger partial charge in [0.05, 0.1) is 33.2 Å². The second-order valence-corrected chi connectivity index (χ2v) is 7.56. The number of hydrogen-bond acceptors (Lipinski definition) is 4. The summed E-state index contributed by atoms with van der Waals surface area (Å²) < 4.78 is 13.5. The van der Waals surface area contributed by atoms with Gasteiger partial charge in [-0.25, -0.2) is 4.21 Å². The number of carbonyl (C=O) groups excluding carboxylic acids is 1.